The third kappa shape index (κ3) is 5.63. The minimum absolute atomic E-state index is 0.194. The zero-order valence-corrected chi connectivity index (χ0v) is 11.4. The highest BCUT2D eigenvalue weighted by Crippen LogP contribution is 2.43. The van der Waals surface area contributed by atoms with Gasteiger partial charge in [0.2, 0.25) is 11.7 Å². The lowest BCUT2D eigenvalue weighted by molar-refractivity contribution is 0.0998. The van der Waals surface area contributed by atoms with Crippen molar-refractivity contribution in [1.82, 2.24) is 0 Å². The van der Waals surface area contributed by atoms with E-state index in [0.29, 0.717) is 10.8 Å². The largest absolute Gasteiger partial charge is 0.545 e. The Hall–Kier alpha value is 0.370. The van der Waals surface area contributed by atoms with Crippen LogP contribution in [-0.2, 0) is 14.9 Å². The SMILES string of the molecule is CCC(C)(C)C(C)(C)CC.O=[S+]S. The molecule has 0 saturated heterocycles. The van der Waals surface area contributed by atoms with E-state index in [1.165, 1.54) is 12.8 Å². The van der Waals surface area contributed by atoms with Gasteiger partial charge in [0.15, 0.2) is 0 Å². The third-order valence-corrected chi connectivity index (χ3v) is 3.60. The lowest BCUT2D eigenvalue weighted by Gasteiger charge is -2.40. The molecule has 0 unspecified atom stereocenters. The predicted octanol–water partition coefficient (Wildman–Crippen LogP) is 4.12. The van der Waals surface area contributed by atoms with Crippen molar-refractivity contribution in [2.24, 2.45) is 10.8 Å². The van der Waals surface area contributed by atoms with Crippen LogP contribution in [0.1, 0.15) is 54.4 Å². The van der Waals surface area contributed by atoms with E-state index < -0.39 is 0 Å². The number of thiol groups is 1. The standard InChI is InChI=1S/C10H22.OS2/c1-7-9(3,4)10(5,6)8-2;1-3-2/h7-8H2,1-6H3;/p+1. The Labute approximate surface area is 92.0 Å². The first-order chi connectivity index (χ1) is 5.79. The molecule has 0 aliphatic heterocycles. The smallest absolute Gasteiger partial charge is 0.0649 e. The molecule has 0 rings (SSSR count). The molecule has 0 atom stereocenters. The van der Waals surface area contributed by atoms with Gasteiger partial charge in [-0.1, -0.05) is 54.4 Å². The Morgan fingerprint density at radius 1 is 1.00 bits per heavy atom. The van der Waals surface area contributed by atoms with Gasteiger partial charge in [-0.15, -0.1) is 0 Å². The molecule has 0 saturated carbocycles. The van der Waals surface area contributed by atoms with E-state index in [4.69, 9.17) is 4.21 Å². The molecule has 0 spiro atoms. The molecule has 13 heavy (non-hydrogen) atoms. The van der Waals surface area contributed by atoms with Crippen molar-refractivity contribution in [2.75, 3.05) is 0 Å². The Balaban J connectivity index is 0. The second kappa shape index (κ2) is 6.77. The van der Waals surface area contributed by atoms with E-state index in [1.807, 2.05) is 0 Å². The number of hydrogen-bond acceptors (Lipinski definition) is 1. The van der Waals surface area contributed by atoms with E-state index in [1.54, 1.807) is 0 Å². The van der Waals surface area contributed by atoms with Gasteiger partial charge in [0.05, 0.1) is 4.21 Å². The van der Waals surface area contributed by atoms with Gasteiger partial charge in [-0.2, -0.15) is 0 Å². The molecule has 0 heterocycles. The van der Waals surface area contributed by atoms with Crippen LogP contribution >= 0.6 is 11.7 Å². The Morgan fingerprint density at radius 3 is 1.23 bits per heavy atom. The summed E-state index contributed by atoms with van der Waals surface area (Å²) in [7, 11) is 0.194. The van der Waals surface area contributed by atoms with E-state index in [2.05, 4.69) is 53.2 Å². The molecule has 0 aromatic carbocycles. The molecular formula is C10H23OS2+. The van der Waals surface area contributed by atoms with Crippen molar-refractivity contribution in [3.05, 3.63) is 0 Å². The van der Waals surface area contributed by atoms with Crippen LogP contribution in [-0.4, -0.2) is 0 Å². The zero-order chi connectivity index (χ0) is 11.1. The summed E-state index contributed by atoms with van der Waals surface area (Å²) in [4.78, 5) is 0. The molecule has 0 aliphatic rings. The van der Waals surface area contributed by atoms with Gasteiger partial charge in [0, 0.05) is 0 Å². The molecule has 0 fully saturated rings. The zero-order valence-electron chi connectivity index (χ0n) is 9.68. The molecule has 0 aromatic heterocycles. The van der Waals surface area contributed by atoms with Crippen molar-refractivity contribution in [3.8, 4) is 0 Å². The van der Waals surface area contributed by atoms with Crippen molar-refractivity contribution >= 4 is 22.4 Å². The molecule has 0 bridgehead atoms. The molecular weight excluding hydrogens is 200 g/mol. The van der Waals surface area contributed by atoms with E-state index >= 15 is 0 Å². The second-order valence-electron chi connectivity index (χ2n) is 4.55. The molecule has 0 N–H and O–H groups in total. The lowest BCUT2D eigenvalue weighted by Crippen LogP contribution is -2.30. The second-order valence-corrected chi connectivity index (χ2v) is 5.15. The highest BCUT2D eigenvalue weighted by atomic mass is 33.1. The third-order valence-electron chi connectivity index (χ3n) is 3.60. The Morgan fingerprint density at radius 2 is 1.15 bits per heavy atom. The van der Waals surface area contributed by atoms with Gasteiger partial charge in [0.1, 0.15) is 0 Å². The number of rotatable bonds is 3. The van der Waals surface area contributed by atoms with Crippen molar-refractivity contribution in [1.29, 1.82) is 0 Å². The topological polar surface area (TPSA) is 17.1 Å². The van der Waals surface area contributed by atoms with Crippen LogP contribution < -0.4 is 0 Å². The maximum Gasteiger partial charge on any atom is 0.545 e. The molecule has 0 aliphatic carbocycles. The fourth-order valence-electron chi connectivity index (χ4n) is 0.957. The van der Waals surface area contributed by atoms with Crippen LogP contribution in [0, 0.1) is 10.8 Å². The summed E-state index contributed by atoms with van der Waals surface area (Å²) >= 11 is 3.15. The van der Waals surface area contributed by atoms with Crippen LogP contribution in [0.3, 0.4) is 0 Å². The first-order valence-corrected chi connectivity index (χ1v) is 6.51. The van der Waals surface area contributed by atoms with Crippen molar-refractivity contribution < 1.29 is 4.21 Å². The van der Waals surface area contributed by atoms with E-state index in [-0.39, 0.29) is 10.7 Å². The number of hydrogen-bond donors (Lipinski definition) is 1. The lowest BCUT2D eigenvalue weighted by atomic mass is 9.65. The van der Waals surface area contributed by atoms with Gasteiger partial charge in [-0.25, -0.2) is 0 Å². The summed E-state index contributed by atoms with van der Waals surface area (Å²) in [5.41, 5.74) is 0.976. The van der Waals surface area contributed by atoms with E-state index in [9.17, 15) is 0 Å². The summed E-state index contributed by atoms with van der Waals surface area (Å²) in [6, 6.07) is 0. The van der Waals surface area contributed by atoms with Crippen molar-refractivity contribution in [2.45, 2.75) is 54.4 Å². The van der Waals surface area contributed by atoms with Crippen LogP contribution in [0.5, 0.6) is 0 Å². The van der Waals surface area contributed by atoms with Gasteiger partial charge in [0.25, 0.3) is 0 Å². The van der Waals surface area contributed by atoms with Gasteiger partial charge in [-0.05, 0) is 10.8 Å². The average Bonchev–Trinajstić information content (AvgIpc) is 2.05. The summed E-state index contributed by atoms with van der Waals surface area (Å²) in [5.74, 6) is 0. The maximum atomic E-state index is 8.71. The summed E-state index contributed by atoms with van der Waals surface area (Å²) in [6.07, 6.45) is 2.54. The Kier molecular flexibility index (Phi) is 8.24. The fourth-order valence-corrected chi connectivity index (χ4v) is 0.957. The first kappa shape index (κ1) is 15.8. The van der Waals surface area contributed by atoms with Crippen molar-refractivity contribution in [3.63, 3.8) is 0 Å². The van der Waals surface area contributed by atoms with Crippen LogP contribution in [0.25, 0.3) is 0 Å². The average molecular weight is 223 g/mol. The molecule has 1 nitrogen and oxygen atoms in total. The minimum Gasteiger partial charge on any atom is -0.0649 e. The highest BCUT2D eigenvalue weighted by molar-refractivity contribution is 8.51. The normalized spacial score (nSPS) is 11.6. The summed E-state index contributed by atoms with van der Waals surface area (Å²) < 4.78 is 8.71. The summed E-state index contributed by atoms with van der Waals surface area (Å²) in [6.45, 7) is 14.0. The molecule has 0 aromatic rings. The van der Waals surface area contributed by atoms with Crippen LogP contribution in [0.15, 0.2) is 0 Å². The highest BCUT2D eigenvalue weighted by Gasteiger charge is 2.33. The molecule has 80 valence electrons. The van der Waals surface area contributed by atoms with Gasteiger partial charge in [-0.3, -0.25) is 0 Å². The Bertz CT molecular complexity index is 128. The van der Waals surface area contributed by atoms with Crippen LogP contribution in [0.4, 0.5) is 0 Å². The molecule has 3 heteroatoms. The monoisotopic (exact) mass is 223 g/mol. The van der Waals surface area contributed by atoms with Gasteiger partial charge >= 0.3 is 10.7 Å². The summed E-state index contributed by atoms with van der Waals surface area (Å²) in [5, 5.41) is 0. The predicted molar refractivity (Wildman–Crippen MR) is 65.2 cm³/mol. The van der Waals surface area contributed by atoms with Crippen LogP contribution in [0.2, 0.25) is 0 Å². The fraction of sp³-hybridized carbons (Fsp3) is 1.00. The first-order valence-electron chi connectivity index (χ1n) is 4.72. The van der Waals surface area contributed by atoms with Gasteiger partial charge < -0.3 is 0 Å². The molecule has 0 radical (unpaired) electrons. The minimum atomic E-state index is 0.194. The molecule has 0 amide bonds. The maximum absolute atomic E-state index is 8.71. The van der Waals surface area contributed by atoms with E-state index in [0.717, 1.165) is 0 Å². The quantitative estimate of drug-likeness (QED) is 0.433.